The lowest BCUT2D eigenvalue weighted by Crippen LogP contribution is -2.14. The first-order valence-corrected chi connectivity index (χ1v) is 7.05. The number of benzene rings is 1. The van der Waals surface area contributed by atoms with Gasteiger partial charge in [0.2, 0.25) is 0 Å². The molecule has 1 aromatic rings. The Balaban J connectivity index is 2.80. The van der Waals surface area contributed by atoms with Crippen molar-refractivity contribution in [2.24, 2.45) is 0 Å². The summed E-state index contributed by atoms with van der Waals surface area (Å²) in [7, 11) is 0. The molecule has 1 unspecified atom stereocenters. The van der Waals surface area contributed by atoms with Crippen molar-refractivity contribution >= 4 is 0 Å². The Morgan fingerprint density at radius 3 is 2.28 bits per heavy atom. The van der Waals surface area contributed by atoms with Gasteiger partial charge in [-0.3, -0.25) is 0 Å². The van der Waals surface area contributed by atoms with Crippen molar-refractivity contribution in [2.75, 3.05) is 6.54 Å². The molecule has 1 atom stereocenters. The van der Waals surface area contributed by atoms with Crippen molar-refractivity contribution in [1.29, 1.82) is 0 Å². The van der Waals surface area contributed by atoms with Gasteiger partial charge in [0.1, 0.15) is 5.75 Å². The molecule has 0 aliphatic carbocycles. The van der Waals surface area contributed by atoms with Gasteiger partial charge in [0.25, 0.3) is 0 Å². The molecule has 1 N–H and O–H groups in total. The molecule has 0 fully saturated rings. The third-order valence-electron chi connectivity index (χ3n) is 3.11. The highest BCUT2D eigenvalue weighted by molar-refractivity contribution is 5.43. The number of hydrogen-bond donors (Lipinski definition) is 1. The van der Waals surface area contributed by atoms with Crippen LogP contribution in [-0.2, 0) is 6.54 Å². The number of ether oxygens (including phenoxy) is 1. The van der Waals surface area contributed by atoms with Crippen molar-refractivity contribution in [2.45, 2.75) is 60.1 Å². The van der Waals surface area contributed by atoms with E-state index in [-0.39, 0.29) is 0 Å². The molecule has 0 amide bonds. The fraction of sp³-hybridized carbons (Fsp3) is 0.625. The van der Waals surface area contributed by atoms with E-state index < -0.39 is 0 Å². The molecule has 0 aromatic heterocycles. The summed E-state index contributed by atoms with van der Waals surface area (Å²) in [6.45, 7) is 12.7. The highest BCUT2D eigenvalue weighted by atomic mass is 16.5. The van der Waals surface area contributed by atoms with Gasteiger partial charge >= 0.3 is 0 Å². The largest absolute Gasteiger partial charge is 0.490 e. The molecule has 0 aliphatic heterocycles. The van der Waals surface area contributed by atoms with Crippen molar-refractivity contribution < 1.29 is 4.74 Å². The molecule has 2 nitrogen and oxygen atoms in total. The first-order chi connectivity index (χ1) is 8.58. The maximum absolute atomic E-state index is 6.06. The lowest BCUT2D eigenvalue weighted by atomic mass is 10.1. The zero-order valence-corrected chi connectivity index (χ0v) is 12.5. The average Bonchev–Trinajstić information content (AvgIpc) is 2.31. The van der Waals surface area contributed by atoms with Crippen LogP contribution in [-0.4, -0.2) is 12.6 Å². The van der Waals surface area contributed by atoms with Gasteiger partial charge in [-0.15, -0.1) is 0 Å². The predicted molar refractivity (Wildman–Crippen MR) is 78.3 cm³/mol. The van der Waals surface area contributed by atoms with Crippen LogP contribution in [0.2, 0.25) is 0 Å². The molecular formula is C16H27NO. The first-order valence-electron chi connectivity index (χ1n) is 7.05. The second-order valence-corrected chi connectivity index (χ2v) is 5.06. The Morgan fingerprint density at radius 2 is 1.78 bits per heavy atom. The van der Waals surface area contributed by atoms with Gasteiger partial charge in [0, 0.05) is 6.54 Å². The summed E-state index contributed by atoms with van der Waals surface area (Å²) in [5, 5.41) is 3.36. The minimum absolute atomic E-state index is 0.298. The molecule has 0 saturated carbocycles. The lowest BCUT2D eigenvalue weighted by molar-refractivity contribution is 0.207. The normalized spacial score (nSPS) is 12.5. The Morgan fingerprint density at radius 1 is 1.17 bits per heavy atom. The molecule has 2 heteroatoms. The van der Waals surface area contributed by atoms with Crippen LogP contribution in [0.15, 0.2) is 12.1 Å². The standard InChI is InChI=1S/C16H27NO/c1-6-8-14(5)18-16-12(3)9-15(10-13(16)4)11-17-7-2/h9-10,14,17H,6-8,11H2,1-5H3. The number of nitrogens with one attached hydrogen (secondary N) is 1. The van der Waals surface area contributed by atoms with Crippen LogP contribution in [0.4, 0.5) is 0 Å². The summed E-state index contributed by atoms with van der Waals surface area (Å²) in [6, 6.07) is 4.45. The minimum Gasteiger partial charge on any atom is -0.490 e. The van der Waals surface area contributed by atoms with E-state index in [1.165, 1.54) is 16.7 Å². The molecule has 0 radical (unpaired) electrons. The van der Waals surface area contributed by atoms with Crippen LogP contribution in [0.5, 0.6) is 5.75 Å². The van der Waals surface area contributed by atoms with E-state index in [1.54, 1.807) is 0 Å². The second-order valence-electron chi connectivity index (χ2n) is 5.06. The SMILES string of the molecule is CCCC(C)Oc1c(C)cc(CNCC)cc1C. The van der Waals surface area contributed by atoms with Gasteiger partial charge in [-0.05, 0) is 50.4 Å². The van der Waals surface area contributed by atoms with Crippen LogP contribution in [0.1, 0.15) is 50.3 Å². The fourth-order valence-electron chi connectivity index (χ4n) is 2.26. The molecule has 0 bridgehead atoms. The zero-order chi connectivity index (χ0) is 13.5. The van der Waals surface area contributed by atoms with Crippen molar-refractivity contribution in [3.05, 3.63) is 28.8 Å². The van der Waals surface area contributed by atoms with Gasteiger partial charge in [0.05, 0.1) is 6.10 Å². The molecule has 18 heavy (non-hydrogen) atoms. The van der Waals surface area contributed by atoms with Crippen LogP contribution in [0.3, 0.4) is 0 Å². The van der Waals surface area contributed by atoms with Gasteiger partial charge in [-0.2, -0.15) is 0 Å². The molecular weight excluding hydrogens is 222 g/mol. The zero-order valence-electron chi connectivity index (χ0n) is 12.5. The van der Waals surface area contributed by atoms with E-state index in [0.29, 0.717) is 6.10 Å². The Labute approximate surface area is 112 Å². The second kappa shape index (κ2) is 7.42. The molecule has 0 saturated heterocycles. The maximum Gasteiger partial charge on any atom is 0.125 e. The first kappa shape index (κ1) is 15.0. The van der Waals surface area contributed by atoms with Crippen molar-refractivity contribution in [3.8, 4) is 5.75 Å². The van der Waals surface area contributed by atoms with E-state index in [1.807, 2.05) is 0 Å². The summed E-state index contributed by atoms with van der Waals surface area (Å²) < 4.78 is 6.06. The summed E-state index contributed by atoms with van der Waals surface area (Å²) in [6.07, 6.45) is 2.57. The minimum atomic E-state index is 0.298. The summed E-state index contributed by atoms with van der Waals surface area (Å²) in [5.74, 6) is 1.07. The summed E-state index contributed by atoms with van der Waals surface area (Å²) in [5.41, 5.74) is 3.82. The Kier molecular flexibility index (Phi) is 6.20. The Bertz CT molecular complexity index is 350. The third kappa shape index (κ3) is 4.34. The number of aryl methyl sites for hydroxylation is 2. The summed E-state index contributed by atoms with van der Waals surface area (Å²) >= 11 is 0. The maximum atomic E-state index is 6.06. The van der Waals surface area contributed by atoms with E-state index in [0.717, 1.165) is 31.7 Å². The molecule has 1 rings (SSSR count). The topological polar surface area (TPSA) is 21.3 Å². The Hall–Kier alpha value is -1.02. The van der Waals surface area contributed by atoms with Crippen LogP contribution in [0, 0.1) is 13.8 Å². The molecule has 0 spiro atoms. The predicted octanol–water partition coefficient (Wildman–Crippen LogP) is 3.98. The van der Waals surface area contributed by atoms with Crippen molar-refractivity contribution in [3.63, 3.8) is 0 Å². The average molecular weight is 249 g/mol. The molecule has 102 valence electrons. The number of rotatable bonds is 7. The van der Waals surface area contributed by atoms with Gasteiger partial charge in [-0.25, -0.2) is 0 Å². The third-order valence-corrected chi connectivity index (χ3v) is 3.11. The molecule has 1 aromatic carbocycles. The smallest absolute Gasteiger partial charge is 0.125 e. The van der Waals surface area contributed by atoms with Crippen LogP contribution < -0.4 is 10.1 Å². The van der Waals surface area contributed by atoms with E-state index in [9.17, 15) is 0 Å². The van der Waals surface area contributed by atoms with E-state index >= 15 is 0 Å². The molecule has 0 aliphatic rings. The fourth-order valence-corrected chi connectivity index (χ4v) is 2.26. The van der Waals surface area contributed by atoms with Crippen LogP contribution >= 0.6 is 0 Å². The van der Waals surface area contributed by atoms with Gasteiger partial charge < -0.3 is 10.1 Å². The highest BCUT2D eigenvalue weighted by Gasteiger charge is 2.09. The number of hydrogen-bond acceptors (Lipinski definition) is 2. The van der Waals surface area contributed by atoms with Gasteiger partial charge in [0.15, 0.2) is 0 Å². The highest BCUT2D eigenvalue weighted by Crippen LogP contribution is 2.26. The quantitative estimate of drug-likeness (QED) is 0.789. The van der Waals surface area contributed by atoms with Crippen LogP contribution in [0.25, 0.3) is 0 Å². The summed E-state index contributed by atoms with van der Waals surface area (Å²) in [4.78, 5) is 0. The molecule has 0 heterocycles. The van der Waals surface area contributed by atoms with Gasteiger partial charge in [-0.1, -0.05) is 32.4 Å². The van der Waals surface area contributed by atoms with Crippen molar-refractivity contribution in [1.82, 2.24) is 5.32 Å². The van der Waals surface area contributed by atoms with E-state index in [4.69, 9.17) is 4.74 Å². The monoisotopic (exact) mass is 249 g/mol. The van der Waals surface area contributed by atoms with E-state index in [2.05, 4.69) is 52.1 Å². The lowest BCUT2D eigenvalue weighted by Gasteiger charge is -2.19.